The SMILES string of the molecule is CCN(CCCl)C(=O)c1cc(F)ccc1[N+](=O)[O-]. The topological polar surface area (TPSA) is 63.5 Å². The van der Waals surface area contributed by atoms with E-state index in [0.29, 0.717) is 6.54 Å². The van der Waals surface area contributed by atoms with Crippen molar-refractivity contribution in [3.05, 3.63) is 39.7 Å². The van der Waals surface area contributed by atoms with Gasteiger partial charge in [-0.3, -0.25) is 14.9 Å². The molecule has 0 aliphatic rings. The standard InChI is InChI=1S/C11H12ClFN2O3/c1-2-14(6-5-12)11(16)9-7-8(13)3-4-10(9)15(17)18/h3-4,7H,2,5-6H2,1H3. The fourth-order valence-corrected chi connectivity index (χ4v) is 1.72. The van der Waals surface area contributed by atoms with E-state index >= 15 is 0 Å². The Balaban J connectivity index is 3.17. The molecule has 0 heterocycles. The molecule has 98 valence electrons. The number of alkyl halides is 1. The van der Waals surface area contributed by atoms with Crippen molar-refractivity contribution < 1.29 is 14.1 Å². The summed E-state index contributed by atoms with van der Waals surface area (Å²) >= 11 is 5.54. The Labute approximate surface area is 108 Å². The molecule has 0 fully saturated rings. The predicted octanol–water partition coefficient (Wildman–Crippen LogP) is 2.43. The quantitative estimate of drug-likeness (QED) is 0.471. The summed E-state index contributed by atoms with van der Waals surface area (Å²) in [6.07, 6.45) is 0. The van der Waals surface area contributed by atoms with Gasteiger partial charge in [0.25, 0.3) is 11.6 Å². The maximum atomic E-state index is 13.1. The van der Waals surface area contributed by atoms with Crippen molar-refractivity contribution in [2.45, 2.75) is 6.92 Å². The van der Waals surface area contributed by atoms with E-state index in [9.17, 15) is 19.3 Å². The minimum atomic E-state index is -0.707. The van der Waals surface area contributed by atoms with Crippen molar-refractivity contribution >= 4 is 23.2 Å². The molecule has 1 aromatic rings. The Bertz CT molecular complexity index is 468. The third-order valence-corrected chi connectivity index (χ3v) is 2.58. The molecule has 0 spiro atoms. The van der Waals surface area contributed by atoms with E-state index in [1.807, 2.05) is 0 Å². The number of amides is 1. The monoisotopic (exact) mass is 274 g/mol. The van der Waals surface area contributed by atoms with Crippen LogP contribution in [0.1, 0.15) is 17.3 Å². The molecule has 0 saturated heterocycles. The molecule has 0 saturated carbocycles. The van der Waals surface area contributed by atoms with Crippen LogP contribution < -0.4 is 0 Å². The number of nitro benzene ring substituents is 1. The Kier molecular flexibility index (Phi) is 5.03. The van der Waals surface area contributed by atoms with Crippen LogP contribution in [0.2, 0.25) is 0 Å². The number of nitrogens with zero attached hydrogens (tertiary/aromatic N) is 2. The van der Waals surface area contributed by atoms with Gasteiger partial charge in [-0.2, -0.15) is 0 Å². The number of hydrogen-bond acceptors (Lipinski definition) is 3. The molecule has 7 heteroatoms. The molecule has 18 heavy (non-hydrogen) atoms. The van der Waals surface area contributed by atoms with Gasteiger partial charge in [-0.25, -0.2) is 4.39 Å². The first-order valence-electron chi connectivity index (χ1n) is 5.30. The minimum absolute atomic E-state index is 0.211. The van der Waals surface area contributed by atoms with Crippen LogP contribution in [-0.4, -0.2) is 34.7 Å². The van der Waals surface area contributed by atoms with E-state index in [1.54, 1.807) is 6.92 Å². The van der Waals surface area contributed by atoms with Gasteiger partial charge in [0.2, 0.25) is 0 Å². The first kappa shape index (κ1) is 14.4. The molecule has 0 radical (unpaired) electrons. The lowest BCUT2D eigenvalue weighted by molar-refractivity contribution is -0.385. The molecule has 0 atom stereocenters. The summed E-state index contributed by atoms with van der Waals surface area (Å²) in [5, 5.41) is 10.8. The summed E-state index contributed by atoms with van der Waals surface area (Å²) in [5.41, 5.74) is -0.665. The van der Waals surface area contributed by atoms with Crippen molar-refractivity contribution in [2.24, 2.45) is 0 Å². The number of hydrogen-bond donors (Lipinski definition) is 0. The second-order valence-corrected chi connectivity index (χ2v) is 3.87. The molecule has 0 bridgehead atoms. The molecular formula is C11H12ClFN2O3. The van der Waals surface area contributed by atoms with Gasteiger partial charge in [-0.05, 0) is 19.1 Å². The third kappa shape index (κ3) is 3.16. The Morgan fingerprint density at radius 2 is 2.22 bits per heavy atom. The maximum absolute atomic E-state index is 13.1. The average Bonchev–Trinajstić information content (AvgIpc) is 2.34. The van der Waals surface area contributed by atoms with E-state index in [2.05, 4.69) is 0 Å². The maximum Gasteiger partial charge on any atom is 0.282 e. The molecule has 0 aliphatic carbocycles. The summed E-state index contributed by atoms with van der Waals surface area (Å²) in [7, 11) is 0. The van der Waals surface area contributed by atoms with Crippen molar-refractivity contribution in [3.8, 4) is 0 Å². The van der Waals surface area contributed by atoms with Crippen LogP contribution in [0.4, 0.5) is 10.1 Å². The summed E-state index contributed by atoms with van der Waals surface area (Å²) in [6, 6.07) is 2.81. The van der Waals surface area contributed by atoms with Gasteiger partial charge >= 0.3 is 0 Å². The highest BCUT2D eigenvalue weighted by atomic mass is 35.5. The van der Waals surface area contributed by atoms with Gasteiger partial charge in [-0.15, -0.1) is 11.6 Å². The highest BCUT2D eigenvalue weighted by Crippen LogP contribution is 2.21. The largest absolute Gasteiger partial charge is 0.338 e. The smallest absolute Gasteiger partial charge is 0.282 e. The molecule has 0 N–H and O–H groups in total. The number of halogens is 2. The second-order valence-electron chi connectivity index (χ2n) is 3.49. The van der Waals surface area contributed by atoms with Gasteiger partial charge in [0.05, 0.1) is 4.92 Å². The number of carbonyl (C=O) groups excluding carboxylic acids is 1. The first-order valence-corrected chi connectivity index (χ1v) is 5.83. The van der Waals surface area contributed by atoms with E-state index in [0.717, 1.165) is 18.2 Å². The summed E-state index contributed by atoms with van der Waals surface area (Å²) in [5.74, 6) is -1.07. The van der Waals surface area contributed by atoms with Gasteiger partial charge in [0.1, 0.15) is 11.4 Å². The summed E-state index contributed by atoms with van der Waals surface area (Å²) in [4.78, 5) is 23.5. The average molecular weight is 275 g/mol. The van der Waals surface area contributed by atoms with Crippen molar-refractivity contribution in [3.63, 3.8) is 0 Å². The normalized spacial score (nSPS) is 10.2. The zero-order valence-electron chi connectivity index (χ0n) is 9.73. The number of rotatable bonds is 5. The molecule has 0 unspecified atom stereocenters. The van der Waals surface area contributed by atoms with Crippen molar-refractivity contribution in [2.75, 3.05) is 19.0 Å². The lowest BCUT2D eigenvalue weighted by atomic mass is 10.1. The zero-order valence-corrected chi connectivity index (χ0v) is 10.5. The van der Waals surface area contributed by atoms with Gasteiger partial charge < -0.3 is 4.90 Å². The van der Waals surface area contributed by atoms with Crippen LogP contribution in [0.3, 0.4) is 0 Å². The molecule has 0 aromatic heterocycles. The molecule has 1 amide bonds. The number of nitro groups is 1. The van der Waals surface area contributed by atoms with Crippen LogP contribution in [-0.2, 0) is 0 Å². The highest BCUT2D eigenvalue weighted by Gasteiger charge is 2.24. The van der Waals surface area contributed by atoms with Gasteiger partial charge in [0, 0.05) is 25.0 Å². The zero-order chi connectivity index (χ0) is 13.7. The fraction of sp³-hybridized carbons (Fsp3) is 0.364. The first-order chi connectivity index (χ1) is 8.51. The van der Waals surface area contributed by atoms with Crippen LogP contribution in [0.5, 0.6) is 0 Å². The molecule has 5 nitrogen and oxygen atoms in total. The van der Waals surface area contributed by atoms with Gasteiger partial charge in [0.15, 0.2) is 0 Å². The minimum Gasteiger partial charge on any atom is -0.338 e. The van der Waals surface area contributed by atoms with Crippen LogP contribution in [0.25, 0.3) is 0 Å². The lowest BCUT2D eigenvalue weighted by Gasteiger charge is -2.19. The van der Waals surface area contributed by atoms with Crippen molar-refractivity contribution in [1.29, 1.82) is 0 Å². The Hall–Kier alpha value is -1.69. The predicted molar refractivity (Wildman–Crippen MR) is 65.4 cm³/mol. The molecule has 1 rings (SSSR count). The summed E-state index contributed by atoms with van der Waals surface area (Å²) < 4.78 is 13.1. The lowest BCUT2D eigenvalue weighted by Crippen LogP contribution is -2.33. The number of benzene rings is 1. The Morgan fingerprint density at radius 1 is 1.56 bits per heavy atom. The molecular weight excluding hydrogens is 263 g/mol. The number of carbonyl (C=O) groups is 1. The third-order valence-electron chi connectivity index (χ3n) is 2.41. The van der Waals surface area contributed by atoms with E-state index < -0.39 is 22.3 Å². The summed E-state index contributed by atoms with van der Waals surface area (Å²) in [6.45, 7) is 2.32. The van der Waals surface area contributed by atoms with Crippen LogP contribution in [0.15, 0.2) is 18.2 Å². The van der Waals surface area contributed by atoms with E-state index in [4.69, 9.17) is 11.6 Å². The van der Waals surface area contributed by atoms with Crippen LogP contribution >= 0.6 is 11.6 Å². The highest BCUT2D eigenvalue weighted by molar-refractivity contribution is 6.18. The van der Waals surface area contributed by atoms with Gasteiger partial charge in [-0.1, -0.05) is 0 Å². The van der Waals surface area contributed by atoms with Crippen molar-refractivity contribution in [1.82, 2.24) is 4.90 Å². The molecule has 0 aliphatic heterocycles. The second kappa shape index (κ2) is 6.30. The van der Waals surface area contributed by atoms with Crippen LogP contribution in [0, 0.1) is 15.9 Å². The Morgan fingerprint density at radius 3 is 2.72 bits per heavy atom. The molecule has 1 aromatic carbocycles. The van der Waals surface area contributed by atoms with E-state index in [-0.39, 0.29) is 18.0 Å². The van der Waals surface area contributed by atoms with E-state index in [1.165, 1.54) is 4.90 Å². The fourth-order valence-electron chi connectivity index (χ4n) is 1.51.